The number of carbonyl (C=O) groups excluding carboxylic acids is 1. The number of nitrogens with zero attached hydrogens (tertiary/aromatic N) is 3. The molecule has 1 saturated heterocycles. The van der Waals surface area contributed by atoms with Gasteiger partial charge in [0.15, 0.2) is 5.69 Å². The van der Waals surface area contributed by atoms with Crippen LogP contribution in [0.2, 0.25) is 0 Å². The first-order valence-electron chi connectivity index (χ1n) is 10.0. The molecule has 0 aliphatic carbocycles. The number of imidazole rings is 1. The van der Waals surface area contributed by atoms with Crippen molar-refractivity contribution in [3.63, 3.8) is 0 Å². The van der Waals surface area contributed by atoms with E-state index in [9.17, 15) is 4.79 Å². The number of anilines is 1. The third kappa shape index (κ3) is 3.25. The Balaban J connectivity index is 1.53. The Labute approximate surface area is 172 Å². The van der Waals surface area contributed by atoms with E-state index in [2.05, 4.69) is 21.2 Å². The molecular formula is C22H22N6O2. The van der Waals surface area contributed by atoms with E-state index in [1.54, 1.807) is 0 Å². The summed E-state index contributed by atoms with van der Waals surface area (Å²) in [7, 11) is 0. The Bertz CT molecular complexity index is 1260. The lowest BCUT2D eigenvalue weighted by molar-refractivity contribution is 0.0660. The maximum atomic E-state index is 11.5. The lowest BCUT2D eigenvalue weighted by atomic mass is 9.96. The third-order valence-corrected chi connectivity index (χ3v) is 5.73. The monoisotopic (exact) mass is 402 g/mol. The van der Waals surface area contributed by atoms with E-state index in [0.717, 1.165) is 60.5 Å². The minimum atomic E-state index is -0.691. The van der Waals surface area contributed by atoms with E-state index in [1.165, 1.54) is 0 Å². The normalized spacial score (nSPS) is 15.1. The summed E-state index contributed by atoms with van der Waals surface area (Å²) < 4.78 is 5.45. The van der Waals surface area contributed by atoms with Crippen molar-refractivity contribution in [2.75, 3.05) is 18.9 Å². The molecule has 0 bridgehead atoms. The van der Waals surface area contributed by atoms with E-state index in [1.807, 2.05) is 30.3 Å². The molecule has 30 heavy (non-hydrogen) atoms. The number of aromatic amines is 1. The minimum absolute atomic E-state index is 0.0126. The molecule has 1 aliphatic rings. The highest BCUT2D eigenvalue weighted by molar-refractivity contribution is 6.07. The van der Waals surface area contributed by atoms with Crippen LogP contribution in [-0.2, 0) is 11.2 Å². The number of H-pyrrole nitrogens is 1. The topological polar surface area (TPSA) is 133 Å². The van der Waals surface area contributed by atoms with Gasteiger partial charge in [0, 0.05) is 30.6 Å². The van der Waals surface area contributed by atoms with Crippen LogP contribution in [0.25, 0.3) is 33.1 Å². The van der Waals surface area contributed by atoms with Crippen LogP contribution in [0.15, 0.2) is 36.4 Å². The summed E-state index contributed by atoms with van der Waals surface area (Å²) >= 11 is 0. The van der Waals surface area contributed by atoms with Crippen molar-refractivity contribution in [3.05, 3.63) is 47.9 Å². The molecule has 8 heteroatoms. The number of carbonyl (C=O) groups is 1. The van der Waals surface area contributed by atoms with Gasteiger partial charge >= 0.3 is 0 Å². The molecule has 1 fully saturated rings. The molecule has 3 heterocycles. The van der Waals surface area contributed by atoms with Gasteiger partial charge in [-0.3, -0.25) is 4.79 Å². The number of nitrogen functional groups attached to an aromatic ring is 1. The number of amides is 1. The number of nitrogens with one attached hydrogen (secondary N) is 1. The second kappa shape index (κ2) is 7.38. The van der Waals surface area contributed by atoms with Gasteiger partial charge in [-0.05, 0) is 36.5 Å². The molecule has 0 spiro atoms. The van der Waals surface area contributed by atoms with Gasteiger partial charge in [0.1, 0.15) is 11.3 Å². The third-order valence-electron chi connectivity index (χ3n) is 5.73. The molecule has 4 aromatic rings. The summed E-state index contributed by atoms with van der Waals surface area (Å²) in [6.45, 7) is 1.66. The summed E-state index contributed by atoms with van der Waals surface area (Å²) in [5.74, 6) is 0.917. The summed E-state index contributed by atoms with van der Waals surface area (Å²) in [6, 6.07) is 11.7. The zero-order valence-electron chi connectivity index (χ0n) is 16.4. The first-order chi connectivity index (χ1) is 14.6. The molecule has 152 valence electrons. The number of hydrogen-bond acceptors (Lipinski definition) is 6. The summed E-state index contributed by atoms with van der Waals surface area (Å²) in [5.41, 5.74) is 16.1. The molecule has 5 N–H and O–H groups in total. The molecule has 1 amide bonds. The van der Waals surface area contributed by atoms with Crippen molar-refractivity contribution < 1.29 is 9.53 Å². The summed E-state index contributed by atoms with van der Waals surface area (Å²) in [4.78, 5) is 19.7. The molecular weight excluding hydrogens is 380 g/mol. The van der Waals surface area contributed by atoms with Crippen LogP contribution < -0.4 is 11.5 Å². The van der Waals surface area contributed by atoms with E-state index in [4.69, 9.17) is 21.2 Å². The Morgan fingerprint density at radius 1 is 1.17 bits per heavy atom. The lowest BCUT2D eigenvalue weighted by Gasteiger charge is -2.20. The molecule has 2 aromatic heterocycles. The van der Waals surface area contributed by atoms with Gasteiger partial charge in [-0.25, -0.2) is 4.98 Å². The first-order valence-corrected chi connectivity index (χ1v) is 10.0. The number of aromatic nitrogens is 4. The zero-order chi connectivity index (χ0) is 20.7. The molecule has 5 rings (SSSR count). The van der Waals surface area contributed by atoms with E-state index >= 15 is 0 Å². The van der Waals surface area contributed by atoms with Gasteiger partial charge in [-0.1, -0.05) is 24.3 Å². The van der Waals surface area contributed by atoms with Gasteiger partial charge in [0.25, 0.3) is 5.91 Å². The van der Waals surface area contributed by atoms with Crippen molar-refractivity contribution >= 4 is 33.5 Å². The van der Waals surface area contributed by atoms with Crippen molar-refractivity contribution in [3.8, 4) is 11.1 Å². The van der Waals surface area contributed by atoms with Crippen LogP contribution in [0.3, 0.4) is 0 Å². The highest BCUT2D eigenvalue weighted by atomic mass is 16.5. The number of nitrogens with two attached hydrogens (primary N) is 2. The molecule has 0 atom stereocenters. The lowest BCUT2D eigenvalue weighted by Crippen LogP contribution is -2.17. The SMILES string of the molecule is NC(=O)c1nnc2c(-c3ccc4nc(CC5CCOCC5)[nH]c4c3)cccc2c1N. The number of rotatable bonds is 4. The number of fused-ring (bicyclic) bond motifs is 2. The van der Waals surface area contributed by atoms with Gasteiger partial charge in [0.05, 0.1) is 16.7 Å². The Morgan fingerprint density at radius 2 is 2.00 bits per heavy atom. The van der Waals surface area contributed by atoms with Crippen LogP contribution in [0.5, 0.6) is 0 Å². The Hall–Kier alpha value is -3.52. The van der Waals surface area contributed by atoms with Gasteiger partial charge in [0.2, 0.25) is 0 Å². The van der Waals surface area contributed by atoms with Crippen LogP contribution in [0.4, 0.5) is 5.69 Å². The van der Waals surface area contributed by atoms with Crippen LogP contribution in [0.1, 0.15) is 29.2 Å². The molecule has 0 unspecified atom stereocenters. The number of hydrogen-bond donors (Lipinski definition) is 3. The number of primary amides is 1. The van der Waals surface area contributed by atoms with Crippen molar-refractivity contribution in [1.82, 2.24) is 20.2 Å². The molecule has 0 saturated carbocycles. The van der Waals surface area contributed by atoms with Crippen LogP contribution in [0, 0.1) is 5.92 Å². The van der Waals surface area contributed by atoms with E-state index < -0.39 is 5.91 Å². The minimum Gasteiger partial charge on any atom is -0.396 e. The molecule has 2 aromatic carbocycles. The average molecular weight is 402 g/mol. The van der Waals surface area contributed by atoms with Gasteiger partial charge in [-0.15, -0.1) is 10.2 Å². The maximum absolute atomic E-state index is 11.5. The van der Waals surface area contributed by atoms with Gasteiger partial charge < -0.3 is 21.2 Å². The molecule has 0 radical (unpaired) electrons. The predicted molar refractivity (Wildman–Crippen MR) is 115 cm³/mol. The average Bonchev–Trinajstić information content (AvgIpc) is 3.15. The predicted octanol–water partition coefficient (Wildman–Crippen LogP) is 2.82. The van der Waals surface area contributed by atoms with Crippen molar-refractivity contribution in [1.29, 1.82) is 0 Å². The highest BCUT2D eigenvalue weighted by Crippen LogP contribution is 2.32. The fourth-order valence-electron chi connectivity index (χ4n) is 4.12. The number of benzene rings is 2. The maximum Gasteiger partial charge on any atom is 0.271 e. The summed E-state index contributed by atoms with van der Waals surface area (Å²) in [5, 5.41) is 8.83. The smallest absolute Gasteiger partial charge is 0.271 e. The Morgan fingerprint density at radius 3 is 2.80 bits per heavy atom. The van der Waals surface area contributed by atoms with Gasteiger partial charge in [-0.2, -0.15) is 0 Å². The summed E-state index contributed by atoms with van der Waals surface area (Å²) in [6.07, 6.45) is 3.08. The number of ether oxygens (including phenoxy) is 1. The van der Waals surface area contributed by atoms with E-state index in [-0.39, 0.29) is 11.4 Å². The van der Waals surface area contributed by atoms with E-state index in [0.29, 0.717) is 16.8 Å². The van der Waals surface area contributed by atoms with Crippen LogP contribution >= 0.6 is 0 Å². The highest BCUT2D eigenvalue weighted by Gasteiger charge is 2.18. The van der Waals surface area contributed by atoms with Crippen molar-refractivity contribution in [2.24, 2.45) is 11.7 Å². The second-order valence-corrected chi connectivity index (χ2v) is 7.70. The van der Waals surface area contributed by atoms with Crippen molar-refractivity contribution in [2.45, 2.75) is 19.3 Å². The second-order valence-electron chi connectivity index (χ2n) is 7.70. The molecule has 1 aliphatic heterocycles. The fraction of sp³-hybridized carbons (Fsp3) is 0.273. The Kier molecular flexibility index (Phi) is 4.55. The zero-order valence-corrected chi connectivity index (χ0v) is 16.4. The molecule has 8 nitrogen and oxygen atoms in total. The quantitative estimate of drug-likeness (QED) is 0.481. The largest absolute Gasteiger partial charge is 0.396 e. The standard InChI is InChI=1S/C22H22N6O2/c23-19-15-3-1-2-14(20(15)27-28-21(19)22(24)29)13-4-5-16-17(11-13)26-18(25-16)10-12-6-8-30-9-7-12/h1-5,11-12H,6-10H2,(H2,23,27)(H2,24,29)(H,25,26). The fourth-order valence-corrected chi connectivity index (χ4v) is 4.12. The van der Waals surface area contributed by atoms with Crippen LogP contribution in [-0.4, -0.2) is 39.3 Å². The first kappa shape index (κ1) is 18.5.